The highest BCUT2D eigenvalue weighted by atomic mass is 16.5. The molecule has 8 heteroatoms. The summed E-state index contributed by atoms with van der Waals surface area (Å²) in [5.74, 6) is 1.02. The lowest BCUT2D eigenvalue weighted by Gasteiger charge is -2.48. The third-order valence-corrected chi connectivity index (χ3v) is 7.98. The molecule has 3 aromatic rings. The van der Waals surface area contributed by atoms with E-state index in [9.17, 15) is 5.11 Å². The van der Waals surface area contributed by atoms with Crippen molar-refractivity contribution in [2.75, 3.05) is 20.2 Å². The lowest BCUT2D eigenvalue weighted by molar-refractivity contribution is -0.0394. The number of likely N-dealkylation sites (tertiary alicyclic amines) is 1. The van der Waals surface area contributed by atoms with Gasteiger partial charge in [-0.1, -0.05) is 13.0 Å². The highest BCUT2D eigenvalue weighted by Crippen LogP contribution is 2.35. The van der Waals surface area contributed by atoms with E-state index < -0.39 is 0 Å². The minimum Gasteiger partial charge on any atom is -0.507 e. The van der Waals surface area contributed by atoms with Crippen LogP contribution >= 0.6 is 0 Å². The molecule has 2 fully saturated rings. The predicted octanol–water partition coefficient (Wildman–Crippen LogP) is 4.91. The Hall–Kier alpha value is -2.97. The molecule has 4 heterocycles. The van der Waals surface area contributed by atoms with E-state index in [1.54, 1.807) is 6.07 Å². The van der Waals surface area contributed by atoms with Gasteiger partial charge in [0.25, 0.3) is 0 Å². The number of benzene rings is 1. The van der Waals surface area contributed by atoms with Crippen molar-refractivity contribution < 1.29 is 14.6 Å². The molecule has 2 aliphatic heterocycles. The SMILES string of the molecule is CC1C(Oc2ccc(-c3ccc(-c4cnn(C5CCCCO5)c4)cc3O)nn2)CCN(C)C1(C)C. The highest BCUT2D eigenvalue weighted by molar-refractivity contribution is 5.73. The van der Waals surface area contributed by atoms with E-state index in [-0.39, 0.29) is 23.6 Å². The number of hydrogen-bond donors (Lipinski definition) is 1. The monoisotopic (exact) mass is 477 g/mol. The Morgan fingerprint density at radius 1 is 1.09 bits per heavy atom. The molecule has 0 bridgehead atoms. The zero-order chi connectivity index (χ0) is 24.6. The van der Waals surface area contributed by atoms with Crippen LogP contribution < -0.4 is 4.74 Å². The smallest absolute Gasteiger partial charge is 0.233 e. The Kier molecular flexibility index (Phi) is 6.51. The van der Waals surface area contributed by atoms with Crippen molar-refractivity contribution in [1.82, 2.24) is 24.9 Å². The molecule has 1 aromatic carbocycles. The van der Waals surface area contributed by atoms with Crippen LogP contribution in [0, 0.1) is 5.92 Å². The molecule has 0 aliphatic carbocycles. The molecule has 186 valence electrons. The van der Waals surface area contributed by atoms with E-state index in [1.807, 2.05) is 41.3 Å². The minimum atomic E-state index is -0.00930. The fourth-order valence-corrected chi connectivity index (χ4v) is 5.01. The van der Waals surface area contributed by atoms with Crippen LogP contribution in [-0.4, -0.2) is 61.8 Å². The zero-order valence-corrected chi connectivity index (χ0v) is 21.0. The lowest BCUT2D eigenvalue weighted by atomic mass is 9.79. The summed E-state index contributed by atoms with van der Waals surface area (Å²) < 4.78 is 13.9. The molecule has 5 rings (SSSR count). The number of hydrogen-bond acceptors (Lipinski definition) is 7. The van der Waals surface area contributed by atoms with Crippen molar-refractivity contribution in [3.05, 3.63) is 42.7 Å². The average Bonchev–Trinajstić information content (AvgIpc) is 3.36. The number of nitrogens with zero attached hydrogens (tertiary/aromatic N) is 5. The number of ether oxygens (including phenoxy) is 2. The maximum atomic E-state index is 10.8. The van der Waals surface area contributed by atoms with Crippen LogP contribution in [0.25, 0.3) is 22.4 Å². The molecule has 35 heavy (non-hydrogen) atoms. The second kappa shape index (κ2) is 9.59. The van der Waals surface area contributed by atoms with E-state index in [1.165, 1.54) is 0 Å². The van der Waals surface area contributed by atoms with Gasteiger partial charge in [-0.25, -0.2) is 4.68 Å². The first-order valence-electron chi connectivity index (χ1n) is 12.5. The normalized spacial score (nSPS) is 24.9. The Morgan fingerprint density at radius 2 is 1.94 bits per heavy atom. The van der Waals surface area contributed by atoms with Crippen molar-refractivity contribution in [3.63, 3.8) is 0 Å². The minimum absolute atomic E-state index is 0.00930. The quantitative estimate of drug-likeness (QED) is 0.559. The van der Waals surface area contributed by atoms with E-state index in [0.29, 0.717) is 23.1 Å². The molecular weight excluding hydrogens is 442 g/mol. The van der Waals surface area contributed by atoms with Crippen molar-refractivity contribution in [2.45, 2.75) is 64.3 Å². The molecule has 2 aromatic heterocycles. The van der Waals surface area contributed by atoms with Gasteiger partial charge in [0.15, 0.2) is 0 Å². The van der Waals surface area contributed by atoms with Crippen LogP contribution in [0.3, 0.4) is 0 Å². The van der Waals surface area contributed by atoms with Gasteiger partial charge in [-0.3, -0.25) is 0 Å². The summed E-state index contributed by atoms with van der Waals surface area (Å²) in [5.41, 5.74) is 3.11. The third-order valence-electron chi connectivity index (χ3n) is 7.98. The number of aromatic nitrogens is 4. The summed E-state index contributed by atoms with van der Waals surface area (Å²) in [6.45, 7) is 8.50. The molecule has 0 radical (unpaired) electrons. The Bertz CT molecular complexity index is 1150. The fourth-order valence-electron chi connectivity index (χ4n) is 5.01. The maximum Gasteiger partial charge on any atom is 0.233 e. The zero-order valence-electron chi connectivity index (χ0n) is 21.0. The van der Waals surface area contributed by atoms with Crippen LogP contribution in [0.1, 0.15) is 52.7 Å². The third kappa shape index (κ3) is 4.77. The standard InChI is InChI=1S/C27H35N5O3/c1-18-24(12-13-31(4)27(18,2)3)35-25-11-10-22(29-30-25)21-9-8-19(15-23(21)33)20-16-28-32(17-20)26-7-5-6-14-34-26/h8-11,15-18,24,26,33H,5-7,12-14H2,1-4H3. The first kappa shape index (κ1) is 23.8. The number of aromatic hydroxyl groups is 1. The number of piperidine rings is 1. The molecule has 0 amide bonds. The first-order chi connectivity index (χ1) is 16.8. The topological polar surface area (TPSA) is 85.5 Å². The molecule has 2 aliphatic rings. The van der Waals surface area contributed by atoms with Gasteiger partial charge < -0.3 is 19.5 Å². The van der Waals surface area contributed by atoms with E-state index in [2.05, 4.69) is 48.0 Å². The second-order valence-electron chi connectivity index (χ2n) is 10.3. The lowest BCUT2D eigenvalue weighted by Crippen LogP contribution is -2.56. The van der Waals surface area contributed by atoms with Crippen molar-refractivity contribution in [1.29, 1.82) is 0 Å². The molecule has 0 saturated carbocycles. The van der Waals surface area contributed by atoms with Crippen LogP contribution in [0.4, 0.5) is 0 Å². The maximum absolute atomic E-state index is 10.8. The Balaban J connectivity index is 1.28. The average molecular weight is 478 g/mol. The number of phenolic OH excluding ortho intramolecular Hbond substituents is 1. The van der Waals surface area contributed by atoms with Gasteiger partial charge in [0.05, 0.1) is 11.9 Å². The van der Waals surface area contributed by atoms with Crippen LogP contribution in [0.15, 0.2) is 42.7 Å². The van der Waals surface area contributed by atoms with E-state index in [0.717, 1.165) is 50.0 Å². The number of phenols is 1. The number of rotatable bonds is 5. The molecule has 2 saturated heterocycles. The summed E-state index contributed by atoms with van der Waals surface area (Å²) in [6, 6.07) is 9.26. The molecule has 3 unspecified atom stereocenters. The van der Waals surface area contributed by atoms with Gasteiger partial charge in [-0.05, 0) is 70.3 Å². The van der Waals surface area contributed by atoms with Crippen molar-refractivity contribution in [2.24, 2.45) is 5.92 Å². The fraction of sp³-hybridized carbons (Fsp3) is 0.519. The van der Waals surface area contributed by atoms with Gasteiger partial charge in [0.2, 0.25) is 5.88 Å². The van der Waals surface area contributed by atoms with E-state index in [4.69, 9.17) is 9.47 Å². The van der Waals surface area contributed by atoms with Crippen LogP contribution in [-0.2, 0) is 4.74 Å². The van der Waals surface area contributed by atoms with Gasteiger partial charge >= 0.3 is 0 Å². The summed E-state index contributed by atoms with van der Waals surface area (Å²) in [6.07, 6.45) is 8.04. The summed E-state index contributed by atoms with van der Waals surface area (Å²) in [7, 11) is 2.16. The highest BCUT2D eigenvalue weighted by Gasteiger charge is 2.40. The van der Waals surface area contributed by atoms with Gasteiger partial charge in [-0.2, -0.15) is 5.10 Å². The Labute approximate surface area is 206 Å². The summed E-state index contributed by atoms with van der Waals surface area (Å²) >= 11 is 0. The molecular formula is C27H35N5O3. The van der Waals surface area contributed by atoms with Gasteiger partial charge in [0.1, 0.15) is 18.1 Å². The largest absolute Gasteiger partial charge is 0.507 e. The van der Waals surface area contributed by atoms with Gasteiger partial charge in [-0.15, -0.1) is 10.2 Å². The first-order valence-corrected chi connectivity index (χ1v) is 12.5. The van der Waals surface area contributed by atoms with E-state index >= 15 is 0 Å². The van der Waals surface area contributed by atoms with Crippen molar-refractivity contribution in [3.8, 4) is 34.0 Å². The molecule has 8 nitrogen and oxygen atoms in total. The van der Waals surface area contributed by atoms with Gasteiger partial charge in [0, 0.05) is 48.0 Å². The Morgan fingerprint density at radius 3 is 2.66 bits per heavy atom. The van der Waals surface area contributed by atoms with Crippen molar-refractivity contribution >= 4 is 0 Å². The molecule has 1 N–H and O–H groups in total. The van der Waals surface area contributed by atoms with Crippen LogP contribution in [0.2, 0.25) is 0 Å². The van der Waals surface area contributed by atoms with Crippen LogP contribution in [0.5, 0.6) is 11.6 Å². The molecule has 3 atom stereocenters. The molecule has 0 spiro atoms. The summed E-state index contributed by atoms with van der Waals surface area (Å²) in [5, 5.41) is 23.9. The second-order valence-corrected chi connectivity index (χ2v) is 10.3. The summed E-state index contributed by atoms with van der Waals surface area (Å²) in [4.78, 5) is 2.38. The predicted molar refractivity (Wildman–Crippen MR) is 134 cm³/mol.